The van der Waals surface area contributed by atoms with E-state index in [2.05, 4.69) is 5.32 Å². The number of anilines is 1. The van der Waals surface area contributed by atoms with Gasteiger partial charge >= 0.3 is 12.4 Å². The third-order valence-electron chi connectivity index (χ3n) is 3.68. The minimum Gasteiger partial charge on any atom is -0.495 e. The van der Waals surface area contributed by atoms with E-state index in [1.807, 2.05) is 0 Å². The van der Waals surface area contributed by atoms with Crippen molar-refractivity contribution in [2.24, 2.45) is 0 Å². The molecule has 0 radical (unpaired) electrons. The van der Waals surface area contributed by atoms with Gasteiger partial charge in [0.25, 0.3) is 5.91 Å². The number of halogens is 7. The first-order valence-electron chi connectivity index (χ1n) is 7.98. The molecule has 0 aliphatic carbocycles. The highest BCUT2D eigenvalue weighted by atomic mass is 35.5. The van der Waals surface area contributed by atoms with Gasteiger partial charge in [-0.05, 0) is 18.2 Å². The molecule has 0 bridgehead atoms. The molecule has 0 spiro atoms. The highest BCUT2D eigenvalue weighted by molar-refractivity contribution is 6.32. The Labute approximate surface area is 171 Å². The molecule has 30 heavy (non-hydrogen) atoms. The zero-order valence-corrected chi connectivity index (χ0v) is 16.1. The highest BCUT2D eigenvalue weighted by Gasteiger charge is 2.37. The number of alkyl halides is 6. The summed E-state index contributed by atoms with van der Waals surface area (Å²) in [5.74, 6) is -1.30. The van der Waals surface area contributed by atoms with Crippen molar-refractivity contribution in [3.8, 4) is 17.2 Å². The molecule has 0 fully saturated rings. The summed E-state index contributed by atoms with van der Waals surface area (Å²) in [7, 11) is 2.62. The van der Waals surface area contributed by atoms with Crippen LogP contribution in [-0.4, -0.2) is 26.7 Å². The van der Waals surface area contributed by atoms with E-state index in [0.29, 0.717) is 12.1 Å². The third kappa shape index (κ3) is 5.85. The topological polar surface area (TPSA) is 56.8 Å². The standard InChI is InChI=1S/C18H14ClF6NO4/c1-28-14-7-13(15(29-2)6-12(14)19)26-16(27)8-30-11-4-9(17(20,21)22)3-10(5-11)18(23,24)25/h3-7H,8H2,1-2H3,(H,26,27). The molecule has 2 aromatic carbocycles. The number of hydrogen-bond acceptors (Lipinski definition) is 4. The number of benzene rings is 2. The lowest BCUT2D eigenvalue weighted by Gasteiger charge is -2.15. The molecule has 12 heteroatoms. The van der Waals surface area contributed by atoms with E-state index < -0.39 is 41.7 Å². The van der Waals surface area contributed by atoms with E-state index in [1.165, 1.54) is 26.4 Å². The van der Waals surface area contributed by atoms with Gasteiger partial charge in [-0.2, -0.15) is 26.3 Å². The van der Waals surface area contributed by atoms with Crippen LogP contribution in [0, 0.1) is 0 Å². The predicted octanol–water partition coefficient (Wildman–Crippen LogP) is 5.41. The first-order chi connectivity index (χ1) is 13.8. The third-order valence-corrected chi connectivity index (χ3v) is 3.97. The second-order valence-electron chi connectivity index (χ2n) is 5.77. The molecule has 0 aromatic heterocycles. The van der Waals surface area contributed by atoms with Gasteiger partial charge in [-0.25, -0.2) is 0 Å². The monoisotopic (exact) mass is 457 g/mol. The first-order valence-corrected chi connectivity index (χ1v) is 8.36. The van der Waals surface area contributed by atoms with Crippen LogP contribution in [0.4, 0.5) is 32.0 Å². The zero-order chi connectivity index (χ0) is 22.7. The Kier molecular flexibility index (Phi) is 6.96. The SMILES string of the molecule is COc1cc(NC(=O)COc2cc(C(F)(F)F)cc(C(F)(F)F)c2)c(OC)cc1Cl. The second-order valence-corrected chi connectivity index (χ2v) is 6.17. The van der Waals surface area contributed by atoms with Crippen molar-refractivity contribution < 1.29 is 45.3 Å². The van der Waals surface area contributed by atoms with E-state index in [-0.39, 0.29) is 28.3 Å². The Balaban J connectivity index is 2.20. The van der Waals surface area contributed by atoms with Crippen molar-refractivity contribution in [2.75, 3.05) is 26.1 Å². The number of methoxy groups -OCH3 is 2. The Morgan fingerprint density at radius 1 is 0.900 bits per heavy atom. The number of amides is 1. The van der Waals surface area contributed by atoms with Gasteiger partial charge in [0.1, 0.15) is 17.2 Å². The van der Waals surface area contributed by atoms with Gasteiger partial charge in [-0.1, -0.05) is 11.6 Å². The van der Waals surface area contributed by atoms with Crippen LogP contribution < -0.4 is 19.5 Å². The maximum Gasteiger partial charge on any atom is 0.416 e. The molecule has 0 unspecified atom stereocenters. The zero-order valence-electron chi connectivity index (χ0n) is 15.4. The summed E-state index contributed by atoms with van der Waals surface area (Å²) in [5.41, 5.74) is -3.01. The van der Waals surface area contributed by atoms with Gasteiger partial charge in [0.05, 0.1) is 36.1 Å². The van der Waals surface area contributed by atoms with Crippen LogP contribution in [-0.2, 0) is 17.1 Å². The molecule has 0 heterocycles. The molecule has 0 aliphatic heterocycles. The second kappa shape index (κ2) is 8.90. The summed E-state index contributed by atoms with van der Waals surface area (Å²) < 4.78 is 92.1. The van der Waals surface area contributed by atoms with Gasteiger partial charge in [0.15, 0.2) is 6.61 Å². The summed E-state index contributed by atoms with van der Waals surface area (Å²) in [6.45, 7) is -0.868. The van der Waals surface area contributed by atoms with E-state index >= 15 is 0 Å². The molecule has 164 valence electrons. The van der Waals surface area contributed by atoms with Gasteiger partial charge in [-0.3, -0.25) is 4.79 Å². The quantitative estimate of drug-likeness (QED) is 0.589. The molecule has 2 aromatic rings. The van der Waals surface area contributed by atoms with E-state index in [4.69, 9.17) is 25.8 Å². The fourth-order valence-corrected chi connectivity index (χ4v) is 2.53. The van der Waals surface area contributed by atoms with Crippen molar-refractivity contribution in [1.82, 2.24) is 0 Å². The fourth-order valence-electron chi connectivity index (χ4n) is 2.30. The van der Waals surface area contributed by atoms with Crippen molar-refractivity contribution >= 4 is 23.2 Å². The Hall–Kier alpha value is -2.82. The van der Waals surface area contributed by atoms with Crippen LogP contribution in [0.3, 0.4) is 0 Å². The van der Waals surface area contributed by atoms with Crippen LogP contribution in [0.25, 0.3) is 0 Å². The van der Waals surface area contributed by atoms with Crippen molar-refractivity contribution in [2.45, 2.75) is 12.4 Å². The van der Waals surface area contributed by atoms with E-state index in [0.717, 1.165) is 0 Å². The smallest absolute Gasteiger partial charge is 0.416 e. The molecule has 1 amide bonds. The molecule has 1 N–H and O–H groups in total. The van der Waals surface area contributed by atoms with Gasteiger partial charge in [-0.15, -0.1) is 0 Å². The van der Waals surface area contributed by atoms with Gasteiger partial charge < -0.3 is 19.5 Å². The predicted molar refractivity (Wildman–Crippen MR) is 95.1 cm³/mol. The number of rotatable bonds is 6. The molecule has 0 saturated heterocycles. The normalized spacial score (nSPS) is 11.8. The lowest BCUT2D eigenvalue weighted by atomic mass is 10.1. The van der Waals surface area contributed by atoms with Crippen molar-refractivity contribution in [1.29, 1.82) is 0 Å². The Morgan fingerprint density at radius 3 is 1.90 bits per heavy atom. The van der Waals surface area contributed by atoms with Crippen molar-refractivity contribution in [3.05, 3.63) is 46.5 Å². The lowest BCUT2D eigenvalue weighted by Crippen LogP contribution is -2.21. The number of carbonyl (C=O) groups excluding carboxylic acids is 1. The number of hydrogen-bond donors (Lipinski definition) is 1. The van der Waals surface area contributed by atoms with E-state index in [1.54, 1.807) is 0 Å². The summed E-state index contributed by atoms with van der Waals surface area (Å²) in [6.07, 6.45) is -10.1. The number of carbonyl (C=O) groups is 1. The van der Waals surface area contributed by atoms with Crippen LogP contribution in [0.1, 0.15) is 11.1 Å². The molecule has 0 saturated carbocycles. The maximum absolute atomic E-state index is 12.9. The average molecular weight is 458 g/mol. The number of nitrogens with one attached hydrogen (secondary N) is 1. The van der Waals surface area contributed by atoms with Crippen molar-refractivity contribution in [3.63, 3.8) is 0 Å². The van der Waals surface area contributed by atoms with Crippen LogP contribution >= 0.6 is 11.6 Å². The summed E-state index contributed by atoms with van der Waals surface area (Å²) >= 11 is 5.94. The molecule has 0 aliphatic rings. The molecule has 0 atom stereocenters. The summed E-state index contributed by atoms with van der Waals surface area (Å²) in [6, 6.07) is 3.37. The maximum atomic E-state index is 12.9. The minimum absolute atomic E-state index is 0.0439. The van der Waals surface area contributed by atoms with Crippen LogP contribution in [0.15, 0.2) is 30.3 Å². The average Bonchev–Trinajstić information content (AvgIpc) is 2.65. The van der Waals surface area contributed by atoms with Gasteiger partial charge in [0.2, 0.25) is 0 Å². The summed E-state index contributed by atoms with van der Waals surface area (Å²) in [4.78, 5) is 12.1. The van der Waals surface area contributed by atoms with Crippen LogP contribution in [0.5, 0.6) is 17.2 Å². The van der Waals surface area contributed by atoms with Gasteiger partial charge in [0, 0.05) is 12.1 Å². The Bertz CT molecular complexity index is 898. The number of ether oxygens (including phenoxy) is 3. The molecular formula is C18H14ClF6NO4. The lowest BCUT2D eigenvalue weighted by molar-refractivity contribution is -0.143. The minimum atomic E-state index is -5.03. The highest BCUT2D eigenvalue weighted by Crippen LogP contribution is 2.38. The largest absolute Gasteiger partial charge is 0.495 e. The first kappa shape index (κ1) is 23.5. The molecule has 5 nitrogen and oxygen atoms in total. The van der Waals surface area contributed by atoms with Crippen LogP contribution in [0.2, 0.25) is 5.02 Å². The molecule has 2 rings (SSSR count). The summed E-state index contributed by atoms with van der Waals surface area (Å²) in [5, 5.41) is 2.54. The van der Waals surface area contributed by atoms with E-state index in [9.17, 15) is 31.1 Å². The molecular weight excluding hydrogens is 444 g/mol. The fraction of sp³-hybridized carbons (Fsp3) is 0.278. The Morgan fingerprint density at radius 2 is 1.43 bits per heavy atom.